The van der Waals surface area contributed by atoms with Crippen molar-refractivity contribution in [3.8, 4) is 0 Å². The van der Waals surface area contributed by atoms with Crippen LogP contribution in [0.1, 0.15) is 16.7 Å². The number of hydrogen-bond acceptors (Lipinski definition) is 6. The molecule has 19 heavy (non-hydrogen) atoms. The van der Waals surface area contributed by atoms with Gasteiger partial charge in [0.05, 0.1) is 25.7 Å². The number of benzene rings is 1. The summed E-state index contributed by atoms with van der Waals surface area (Å²) in [6.07, 6.45) is 1.94. The lowest BCUT2D eigenvalue weighted by atomic mass is 10.1. The summed E-state index contributed by atoms with van der Waals surface area (Å²) in [7, 11) is -7.02. The van der Waals surface area contributed by atoms with Crippen LogP contribution in [0.4, 0.5) is 0 Å². The highest BCUT2D eigenvalue weighted by atomic mass is 32.2. The monoisotopic (exact) mass is 308 g/mol. The van der Waals surface area contributed by atoms with Crippen LogP contribution < -0.4 is 0 Å². The van der Waals surface area contributed by atoms with Gasteiger partial charge in [-0.3, -0.25) is 8.37 Å². The quantitative estimate of drug-likeness (QED) is 0.727. The van der Waals surface area contributed by atoms with Crippen molar-refractivity contribution in [3.63, 3.8) is 0 Å². The smallest absolute Gasteiger partial charge is 0.264 e. The Labute approximate surface area is 113 Å². The Kier molecular flexibility index (Phi) is 5.08. The second kappa shape index (κ2) is 6.00. The van der Waals surface area contributed by atoms with E-state index in [2.05, 4.69) is 8.37 Å². The molecule has 0 fully saturated rings. The molecule has 0 aliphatic rings. The molecule has 1 aromatic rings. The molecule has 1 rings (SSSR count). The van der Waals surface area contributed by atoms with Gasteiger partial charge in [0.2, 0.25) is 0 Å². The Bertz CT molecular complexity index is 592. The van der Waals surface area contributed by atoms with E-state index in [1.54, 1.807) is 18.2 Å². The minimum absolute atomic E-state index is 0.0909. The molecule has 0 saturated carbocycles. The molecule has 0 spiro atoms. The van der Waals surface area contributed by atoms with Crippen LogP contribution in [0.2, 0.25) is 0 Å². The predicted molar refractivity (Wildman–Crippen MR) is 70.4 cm³/mol. The molecule has 8 heteroatoms. The van der Waals surface area contributed by atoms with E-state index in [0.717, 1.165) is 18.1 Å². The predicted octanol–water partition coefficient (Wildman–Crippen LogP) is 0.947. The molecule has 0 aliphatic carbocycles. The van der Waals surface area contributed by atoms with Crippen LogP contribution >= 0.6 is 0 Å². The van der Waals surface area contributed by atoms with Crippen LogP contribution in [-0.4, -0.2) is 29.3 Å². The van der Waals surface area contributed by atoms with Gasteiger partial charge >= 0.3 is 0 Å². The van der Waals surface area contributed by atoms with Crippen LogP contribution in [0.3, 0.4) is 0 Å². The number of rotatable bonds is 6. The molecule has 0 amide bonds. The molecule has 0 heterocycles. The van der Waals surface area contributed by atoms with Crippen LogP contribution in [0.15, 0.2) is 18.2 Å². The Morgan fingerprint density at radius 2 is 1.21 bits per heavy atom. The van der Waals surface area contributed by atoms with E-state index in [9.17, 15) is 16.8 Å². The van der Waals surface area contributed by atoms with Crippen molar-refractivity contribution in [2.24, 2.45) is 0 Å². The summed E-state index contributed by atoms with van der Waals surface area (Å²) in [5, 5.41) is 0. The third-order valence-electron chi connectivity index (χ3n) is 2.08. The van der Waals surface area contributed by atoms with Crippen molar-refractivity contribution in [2.75, 3.05) is 12.5 Å². The lowest BCUT2D eigenvalue weighted by Gasteiger charge is -2.07. The van der Waals surface area contributed by atoms with E-state index in [1.165, 1.54) is 0 Å². The molecule has 0 aromatic heterocycles. The van der Waals surface area contributed by atoms with Crippen molar-refractivity contribution < 1.29 is 25.2 Å². The first-order valence-corrected chi connectivity index (χ1v) is 8.97. The van der Waals surface area contributed by atoms with E-state index < -0.39 is 20.2 Å². The minimum Gasteiger partial charge on any atom is -0.265 e. The summed E-state index contributed by atoms with van der Waals surface area (Å²) in [5.41, 5.74) is 2.14. The molecule has 108 valence electrons. The summed E-state index contributed by atoms with van der Waals surface area (Å²) < 4.78 is 53.0. The summed E-state index contributed by atoms with van der Waals surface area (Å²) >= 11 is 0. The molecule has 0 atom stereocenters. The average Bonchev–Trinajstić information content (AvgIpc) is 2.21. The standard InChI is InChI=1S/C11H16O6S2/c1-9-4-10(7-16-18(2,12)13)6-11(5-9)8-17-19(3,14)15/h4-6H,7-8H2,1-3H3. The zero-order chi connectivity index (χ0) is 14.7. The van der Waals surface area contributed by atoms with E-state index in [-0.39, 0.29) is 13.2 Å². The van der Waals surface area contributed by atoms with Crippen LogP contribution in [-0.2, 0) is 41.8 Å². The first-order valence-electron chi connectivity index (χ1n) is 5.33. The molecule has 0 unspecified atom stereocenters. The van der Waals surface area contributed by atoms with Crippen molar-refractivity contribution >= 4 is 20.2 Å². The van der Waals surface area contributed by atoms with E-state index >= 15 is 0 Å². The third-order valence-corrected chi connectivity index (χ3v) is 3.17. The van der Waals surface area contributed by atoms with Crippen LogP contribution in [0, 0.1) is 6.92 Å². The minimum atomic E-state index is -3.51. The maximum atomic E-state index is 10.9. The molecular weight excluding hydrogens is 292 g/mol. The van der Waals surface area contributed by atoms with Crippen molar-refractivity contribution in [2.45, 2.75) is 20.1 Å². The van der Waals surface area contributed by atoms with E-state index in [0.29, 0.717) is 11.1 Å². The normalized spacial score (nSPS) is 12.6. The maximum Gasteiger partial charge on any atom is 0.264 e. The maximum absolute atomic E-state index is 10.9. The van der Waals surface area contributed by atoms with Gasteiger partial charge in [0.25, 0.3) is 20.2 Å². The van der Waals surface area contributed by atoms with Gasteiger partial charge in [-0.2, -0.15) is 16.8 Å². The second-order valence-corrected chi connectivity index (χ2v) is 7.55. The van der Waals surface area contributed by atoms with Crippen molar-refractivity contribution in [3.05, 3.63) is 34.9 Å². The number of hydrogen-bond donors (Lipinski definition) is 0. The average molecular weight is 308 g/mol. The Morgan fingerprint density at radius 3 is 1.53 bits per heavy atom. The Hall–Kier alpha value is -0.960. The fraction of sp³-hybridized carbons (Fsp3) is 0.455. The first-order chi connectivity index (χ1) is 8.55. The highest BCUT2D eigenvalue weighted by molar-refractivity contribution is 7.86. The lowest BCUT2D eigenvalue weighted by Crippen LogP contribution is -2.05. The molecule has 0 N–H and O–H groups in total. The molecule has 0 saturated heterocycles. The van der Waals surface area contributed by atoms with Crippen molar-refractivity contribution in [1.29, 1.82) is 0 Å². The van der Waals surface area contributed by atoms with Gasteiger partial charge in [-0.05, 0) is 18.1 Å². The summed E-state index contributed by atoms with van der Waals surface area (Å²) in [6.45, 7) is 1.63. The molecule has 0 aliphatic heterocycles. The summed E-state index contributed by atoms with van der Waals surface area (Å²) in [6, 6.07) is 5.16. The fourth-order valence-electron chi connectivity index (χ4n) is 1.46. The number of aryl methyl sites for hydroxylation is 1. The van der Waals surface area contributed by atoms with Crippen molar-refractivity contribution in [1.82, 2.24) is 0 Å². The van der Waals surface area contributed by atoms with Gasteiger partial charge in [-0.25, -0.2) is 0 Å². The van der Waals surface area contributed by atoms with Gasteiger partial charge in [0.15, 0.2) is 0 Å². The Morgan fingerprint density at radius 1 is 0.842 bits per heavy atom. The second-order valence-electron chi connectivity index (χ2n) is 4.26. The van der Waals surface area contributed by atoms with Crippen LogP contribution in [0.25, 0.3) is 0 Å². The zero-order valence-corrected chi connectivity index (χ0v) is 12.5. The highest BCUT2D eigenvalue weighted by Crippen LogP contribution is 2.13. The van der Waals surface area contributed by atoms with Gasteiger partial charge in [0.1, 0.15) is 0 Å². The van der Waals surface area contributed by atoms with Gasteiger partial charge in [-0.1, -0.05) is 23.8 Å². The summed E-state index contributed by atoms with van der Waals surface area (Å²) in [4.78, 5) is 0. The van der Waals surface area contributed by atoms with E-state index in [4.69, 9.17) is 0 Å². The molecule has 6 nitrogen and oxygen atoms in total. The highest BCUT2D eigenvalue weighted by Gasteiger charge is 2.07. The van der Waals surface area contributed by atoms with Gasteiger partial charge in [-0.15, -0.1) is 0 Å². The van der Waals surface area contributed by atoms with E-state index in [1.807, 2.05) is 6.92 Å². The van der Waals surface area contributed by atoms with Crippen LogP contribution in [0.5, 0.6) is 0 Å². The summed E-state index contributed by atoms with van der Waals surface area (Å²) in [5.74, 6) is 0. The topological polar surface area (TPSA) is 86.7 Å². The molecular formula is C11H16O6S2. The first kappa shape index (κ1) is 16.1. The molecule has 0 bridgehead atoms. The molecule has 0 radical (unpaired) electrons. The van der Waals surface area contributed by atoms with Gasteiger partial charge < -0.3 is 0 Å². The fourth-order valence-corrected chi connectivity index (χ4v) is 2.17. The molecule has 1 aromatic carbocycles. The zero-order valence-electron chi connectivity index (χ0n) is 10.9. The lowest BCUT2D eigenvalue weighted by molar-refractivity contribution is 0.306. The van der Waals surface area contributed by atoms with Gasteiger partial charge in [0, 0.05) is 0 Å². The SMILES string of the molecule is Cc1cc(COS(C)(=O)=O)cc(COS(C)(=O)=O)c1. The largest absolute Gasteiger partial charge is 0.265 e. The third kappa shape index (κ3) is 7.26. The Balaban J connectivity index is 2.82.